The van der Waals surface area contributed by atoms with Gasteiger partial charge in [-0.25, -0.2) is 0 Å². The molecular weight excluding hydrogens is 485 g/mol. The van der Waals surface area contributed by atoms with Gasteiger partial charge < -0.3 is 37.0 Å². The maximum Gasteiger partial charge on any atom is 0.644 e. The monoisotopic (exact) mass is 516 g/mol. The van der Waals surface area contributed by atoms with E-state index in [1.54, 1.807) is 0 Å². The molecule has 0 aliphatic heterocycles. The smallest absolute Gasteiger partial charge is 0.449 e. The van der Waals surface area contributed by atoms with Crippen LogP contribution in [0.25, 0.3) is 0 Å². The lowest BCUT2D eigenvalue weighted by Gasteiger charge is -2.40. The lowest BCUT2D eigenvalue weighted by atomic mass is 11.8. The van der Waals surface area contributed by atoms with Crippen LogP contribution in [0.1, 0.15) is 0 Å². The summed E-state index contributed by atoms with van der Waals surface area (Å²) in [4.78, 5) is 0. The number of hydrogen-bond donors (Lipinski definition) is 0. The summed E-state index contributed by atoms with van der Waals surface area (Å²) in [6.07, 6.45) is 0. The first-order chi connectivity index (χ1) is 10.9. The molecule has 0 spiro atoms. The molecule has 0 aromatic carbocycles. The molecule has 0 N–H and O–H groups in total. The average molecular weight is 517 g/mol. The Labute approximate surface area is 166 Å². The van der Waals surface area contributed by atoms with Crippen molar-refractivity contribution in [1.29, 1.82) is 0 Å². The Morgan fingerprint density at radius 3 is 1.42 bits per heavy atom. The van der Waals surface area contributed by atoms with E-state index in [-0.39, 0.29) is 0 Å². The minimum atomic E-state index is -3.49. The first-order valence-corrected chi connectivity index (χ1v) is 22.1. The second-order valence-corrected chi connectivity index (χ2v) is 27.9. The van der Waals surface area contributed by atoms with Gasteiger partial charge in [0.25, 0.3) is 10.0 Å². The van der Waals surface area contributed by atoms with Crippen LogP contribution in [0, 0.1) is 0 Å². The van der Waals surface area contributed by atoms with Crippen molar-refractivity contribution in [3.8, 4) is 0 Å². The molecule has 24 heavy (non-hydrogen) atoms. The van der Waals surface area contributed by atoms with Gasteiger partial charge in [-0.05, 0) is 32.7 Å². The van der Waals surface area contributed by atoms with Crippen LogP contribution in [-0.4, -0.2) is 97.4 Å². The molecule has 0 aliphatic carbocycles. The van der Waals surface area contributed by atoms with Crippen molar-refractivity contribution in [3.63, 3.8) is 0 Å². The van der Waals surface area contributed by atoms with Gasteiger partial charge in [-0.1, -0.05) is 0 Å². The predicted molar refractivity (Wildman–Crippen MR) is 120 cm³/mol. The topological polar surface area (TPSA) is 83.1 Å². The summed E-state index contributed by atoms with van der Waals surface area (Å²) in [6.45, 7) is 10.3. The van der Waals surface area contributed by atoms with Crippen molar-refractivity contribution >= 4 is 97.4 Å². The average Bonchev–Trinajstić information content (AvgIpc) is 2.47. The lowest BCUT2D eigenvalue weighted by Crippen LogP contribution is -2.65. The molecule has 0 aliphatic rings. The zero-order chi connectivity index (χ0) is 19.1. The third-order valence-corrected chi connectivity index (χ3v) is 22.7. The van der Waals surface area contributed by atoms with Gasteiger partial charge in [-0.3, -0.25) is 0 Å². The Balaban J connectivity index is 5.54. The molecule has 1 atom stereocenters. The molecule has 0 bridgehead atoms. The molecule has 0 amide bonds. The molecule has 0 aromatic heterocycles. The number of hydrogen-bond acceptors (Lipinski definition) is 9. The lowest BCUT2D eigenvalue weighted by molar-refractivity contribution is 0.0761. The third kappa shape index (κ3) is 9.14. The van der Waals surface area contributed by atoms with E-state index < -0.39 is 45.0 Å². The van der Waals surface area contributed by atoms with E-state index in [2.05, 4.69) is 19.6 Å². The largest absolute Gasteiger partial charge is 0.644 e. The fraction of sp³-hybridized carbons (Fsp3) is 1.00. The standard InChI is InChI=1S/C5H32O9Si10/c1-21(2,3)12-22(4,5)13-24(10-19,11-20-6-15)14-23(7-16,8-17)9-18/h20H2,1-5,15-19H3. The van der Waals surface area contributed by atoms with Gasteiger partial charge in [-0.2, -0.15) is 0 Å². The van der Waals surface area contributed by atoms with E-state index in [1.807, 2.05) is 13.1 Å². The second kappa shape index (κ2) is 11.0. The Kier molecular flexibility index (Phi) is 11.8. The predicted octanol–water partition coefficient (Wildman–Crippen LogP) is -6.06. The van der Waals surface area contributed by atoms with Gasteiger partial charge in [-0.15, -0.1) is 0 Å². The second-order valence-electron chi connectivity index (χ2n) is 6.19. The minimum absolute atomic E-state index is 0.381. The highest BCUT2D eigenvalue weighted by Crippen LogP contribution is 2.25. The van der Waals surface area contributed by atoms with E-state index in [4.69, 9.17) is 37.0 Å². The van der Waals surface area contributed by atoms with E-state index in [1.165, 1.54) is 0 Å². The SMILES string of the molecule is C[Si](C)(C)O[Si](C)(C)O[Si](O[SiH3])(O[SiH2]O[SiH3])O[Si](O[SiH3])(O[SiH3])O[SiH3]. The van der Waals surface area contributed by atoms with E-state index in [0.29, 0.717) is 52.4 Å². The summed E-state index contributed by atoms with van der Waals surface area (Å²) in [5.74, 6) is 0. The first kappa shape index (κ1) is 25.8. The van der Waals surface area contributed by atoms with Crippen LogP contribution >= 0.6 is 0 Å². The fourth-order valence-corrected chi connectivity index (χ4v) is 29.6. The van der Waals surface area contributed by atoms with Crippen LogP contribution in [0.5, 0.6) is 0 Å². The minimum Gasteiger partial charge on any atom is -0.449 e. The molecule has 9 nitrogen and oxygen atoms in total. The summed E-state index contributed by atoms with van der Waals surface area (Å²) in [7, 11) is -10.1. The highest BCUT2D eigenvalue weighted by molar-refractivity contribution is 6.86. The van der Waals surface area contributed by atoms with Gasteiger partial charge in [0.05, 0.1) is 0 Å². The molecular formula is C5H32O9Si10. The maximum atomic E-state index is 6.28. The summed E-state index contributed by atoms with van der Waals surface area (Å²) < 4.78 is 52.2. The Morgan fingerprint density at radius 1 is 0.625 bits per heavy atom. The Hall–Kier alpha value is 1.81. The van der Waals surface area contributed by atoms with Gasteiger partial charge in [0.2, 0.25) is 0 Å². The summed E-state index contributed by atoms with van der Waals surface area (Å²) >= 11 is 0. The highest BCUT2D eigenvalue weighted by Gasteiger charge is 2.59. The number of rotatable bonds is 13. The molecule has 0 fully saturated rings. The van der Waals surface area contributed by atoms with Gasteiger partial charge in [0, 0.05) is 0 Å². The van der Waals surface area contributed by atoms with Crippen molar-refractivity contribution in [2.45, 2.75) is 32.7 Å². The van der Waals surface area contributed by atoms with Crippen LogP contribution in [0.4, 0.5) is 0 Å². The maximum absolute atomic E-state index is 6.28. The zero-order valence-corrected chi connectivity index (χ0v) is 31.8. The van der Waals surface area contributed by atoms with Crippen molar-refractivity contribution in [1.82, 2.24) is 0 Å². The summed E-state index contributed by atoms with van der Waals surface area (Å²) in [5, 5.41) is 0. The van der Waals surface area contributed by atoms with E-state index in [9.17, 15) is 0 Å². The van der Waals surface area contributed by atoms with Gasteiger partial charge in [0.1, 0.15) is 52.4 Å². The third-order valence-electron chi connectivity index (χ3n) is 2.53. The van der Waals surface area contributed by atoms with Crippen molar-refractivity contribution in [2.75, 3.05) is 0 Å². The molecule has 1 unspecified atom stereocenters. The fourth-order valence-electron chi connectivity index (χ4n) is 1.94. The van der Waals surface area contributed by atoms with Crippen LogP contribution in [0.2, 0.25) is 32.7 Å². The van der Waals surface area contributed by atoms with Crippen LogP contribution < -0.4 is 0 Å². The normalized spacial score (nSPS) is 19.4. The Morgan fingerprint density at radius 2 is 1.08 bits per heavy atom. The van der Waals surface area contributed by atoms with E-state index in [0.717, 1.165) is 0 Å². The van der Waals surface area contributed by atoms with Gasteiger partial charge in [0.15, 0.2) is 8.32 Å². The summed E-state index contributed by atoms with van der Waals surface area (Å²) in [5.41, 5.74) is 0. The van der Waals surface area contributed by atoms with Gasteiger partial charge >= 0.3 is 26.7 Å². The molecule has 0 rings (SSSR count). The highest BCUT2D eigenvalue weighted by atomic mass is 28.6. The molecule has 0 saturated carbocycles. The van der Waals surface area contributed by atoms with Crippen molar-refractivity contribution in [2.24, 2.45) is 0 Å². The first-order valence-electron chi connectivity index (χ1n) is 7.36. The van der Waals surface area contributed by atoms with E-state index >= 15 is 0 Å². The Bertz CT molecular complexity index is 355. The molecule has 0 radical (unpaired) electrons. The quantitative estimate of drug-likeness (QED) is 0.222. The van der Waals surface area contributed by atoms with Crippen LogP contribution in [0.15, 0.2) is 0 Å². The van der Waals surface area contributed by atoms with Crippen LogP contribution in [0.3, 0.4) is 0 Å². The van der Waals surface area contributed by atoms with Crippen LogP contribution in [-0.2, 0) is 37.0 Å². The van der Waals surface area contributed by atoms with Crippen molar-refractivity contribution < 1.29 is 37.0 Å². The molecule has 19 heteroatoms. The summed E-state index contributed by atoms with van der Waals surface area (Å²) in [6, 6.07) is 0. The molecule has 0 saturated heterocycles. The zero-order valence-electron chi connectivity index (χ0n) is 16.4. The molecule has 146 valence electrons. The van der Waals surface area contributed by atoms with Crippen molar-refractivity contribution in [3.05, 3.63) is 0 Å². The molecule has 0 aromatic rings. The molecule has 0 heterocycles.